The van der Waals surface area contributed by atoms with E-state index in [4.69, 9.17) is 0 Å². The minimum atomic E-state index is -1.01. The highest BCUT2D eigenvalue weighted by molar-refractivity contribution is 5.66. The largest absolute Gasteiger partial charge is 0.550 e. The molecule has 0 saturated heterocycles. The molecule has 0 aliphatic heterocycles. The van der Waals surface area contributed by atoms with E-state index >= 15 is 0 Å². The Bertz CT molecular complexity index is 181. The number of rotatable bonds is 7. The molecule has 74 valence electrons. The van der Waals surface area contributed by atoms with E-state index in [-0.39, 0.29) is 6.42 Å². The SMILES string of the molecule is C/C=C/CCCC/C=C/CC(=O)[O-]. The number of hydrogen-bond donors (Lipinski definition) is 0. The Hall–Kier alpha value is -1.05. The summed E-state index contributed by atoms with van der Waals surface area (Å²) in [6.07, 6.45) is 12.2. The molecule has 0 unspecified atom stereocenters. The van der Waals surface area contributed by atoms with Crippen LogP contribution in [0.2, 0.25) is 0 Å². The molecular weight excluding hydrogens is 164 g/mol. The molecule has 0 aliphatic rings. The van der Waals surface area contributed by atoms with Gasteiger partial charge in [0.25, 0.3) is 0 Å². The summed E-state index contributed by atoms with van der Waals surface area (Å²) in [6.45, 7) is 2.01. The van der Waals surface area contributed by atoms with Gasteiger partial charge in [-0.15, -0.1) is 0 Å². The molecule has 0 aromatic heterocycles. The predicted molar refractivity (Wildman–Crippen MR) is 52.0 cm³/mol. The number of carboxylic acid groups (broad SMARTS) is 1. The van der Waals surface area contributed by atoms with Crippen LogP contribution in [0.3, 0.4) is 0 Å². The highest BCUT2D eigenvalue weighted by Crippen LogP contribution is 2.01. The van der Waals surface area contributed by atoms with Crippen molar-refractivity contribution in [3.8, 4) is 0 Å². The molecular formula is C11H17O2-. The number of carboxylic acids is 1. The monoisotopic (exact) mass is 181 g/mol. The van der Waals surface area contributed by atoms with Crippen molar-refractivity contribution in [3.05, 3.63) is 24.3 Å². The maximum absolute atomic E-state index is 10.0. The maximum atomic E-state index is 10.0. The van der Waals surface area contributed by atoms with Crippen molar-refractivity contribution in [3.63, 3.8) is 0 Å². The van der Waals surface area contributed by atoms with Crippen molar-refractivity contribution in [2.45, 2.75) is 39.0 Å². The van der Waals surface area contributed by atoms with Crippen LogP contribution in [0, 0.1) is 0 Å². The Morgan fingerprint density at radius 3 is 2.31 bits per heavy atom. The minimum Gasteiger partial charge on any atom is -0.550 e. The van der Waals surface area contributed by atoms with E-state index in [1.54, 1.807) is 6.08 Å². The fraction of sp³-hybridized carbons (Fsp3) is 0.545. The number of carbonyl (C=O) groups is 1. The molecule has 0 rings (SSSR count). The summed E-state index contributed by atoms with van der Waals surface area (Å²) in [4.78, 5) is 10.0. The van der Waals surface area contributed by atoms with Gasteiger partial charge in [-0.1, -0.05) is 24.3 Å². The van der Waals surface area contributed by atoms with E-state index in [9.17, 15) is 9.90 Å². The van der Waals surface area contributed by atoms with Crippen LogP contribution in [0.25, 0.3) is 0 Å². The third-order valence-electron chi connectivity index (χ3n) is 1.68. The van der Waals surface area contributed by atoms with Gasteiger partial charge in [-0.25, -0.2) is 0 Å². The standard InChI is InChI=1S/C11H18O2/c1-2-3-4-5-6-7-8-9-10-11(12)13/h2-3,8-9H,4-7,10H2,1H3,(H,12,13)/p-1/b3-2+,9-8+. The molecule has 0 N–H and O–H groups in total. The molecule has 0 amide bonds. The third kappa shape index (κ3) is 10.9. The van der Waals surface area contributed by atoms with Crippen molar-refractivity contribution < 1.29 is 9.90 Å². The molecule has 13 heavy (non-hydrogen) atoms. The molecule has 0 atom stereocenters. The first-order chi connectivity index (χ1) is 6.27. The fourth-order valence-electron chi connectivity index (χ4n) is 0.988. The summed E-state index contributed by atoms with van der Waals surface area (Å²) >= 11 is 0. The van der Waals surface area contributed by atoms with Crippen LogP contribution in [-0.4, -0.2) is 5.97 Å². The first-order valence-corrected chi connectivity index (χ1v) is 4.73. The molecule has 0 spiro atoms. The van der Waals surface area contributed by atoms with Gasteiger partial charge in [-0.2, -0.15) is 0 Å². The van der Waals surface area contributed by atoms with E-state index in [1.807, 2.05) is 19.1 Å². The van der Waals surface area contributed by atoms with Crippen LogP contribution in [0.15, 0.2) is 24.3 Å². The second kappa shape index (κ2) is 9.04. The van der Waals surface area contributed by atoms with Gasteiger partial charge in [0.05, 0.1) is 0 Å². The average molecular weight is 181 g/mol. The van der Waals surface area contributed by atoms with Gasteiger partial charge >= 0.3 is 0 Å². The summed E-state index contributed by atoms with van der Waals surface area (Å²) in [5.74, 6) is -1.01. The summed E-state index contributed by atoms with van der Waals surface area (Å²) in [7, 11) is 0. The summed E-state index contributed by atoms with van der Waals surface area (Å²) in [5.41, 5.74) is 0. The normalized spacial score (nSPS) is 11.5. The molecule has 0 aliphatic carbocycles. The lowest BCUT2D eigenvalue weighted by atomic mass is 10.2. The number of hydrogen-bond acceptors (Lipinski definition) is 2. The van der Waals surface area contributed by atoms with E-state index in [0.29, 0.717) is 0 Å². The van der Waals surface area contributed by atoms with Crippen LogP contribution >= 0.6 is 0 Å². The topological polar surface area (TPSA) is 40.1 Å². The number of allylic oxidation sites excluding steroid dienone is 3. The highest BCUT2D eigenvalue weighted by atomic mass is 16.4. The minimum absolute atomic E-state index is 0.0366. The van der Waals surface area contributed by atoms with E-state index < -0.39 is 5.97 Å². The first-order valence-electron chi connectivity index (χ1n) is 4.73. The molecule has 0 aromatic rings. The Morgan fingerprint density at radius 1 is 1.15 bits per heavy atom. The zero-order valence-corrected chi connectivity index (χ0v) is 8.16. The molecule has 0 heterocycles. The molecule has 2 nitrogen and oxygen atoms in total. The lowest BCUT2D eigenvalue weighted by Gasteiger charge is -1.94. The van der Waals surface area contributed by atoms with Gasteiger partial charge in [0.2, 0.25) is 0 Å². The van der Waals surface area contributed by atoms with Crippen LogP contribution < -0.4 is 5.11 Å². The van der Waals surface area contributed by atoms with Crippen molar-refractivity contribution in [1.82, 2.24) is 0 Å². The summed E-state index contributed by atoms with van der Waals surface area (Å²) < 4.78 is 0. The lowest BCUT2D eigenvalue weighted by molar-refractivity contribution is -0.304. The zero-order chi connectivity index (χ0) is 9.94. The predicted octanol–water partition coefficient (Wildman–Crippen LogP) is 1.82. The van der Waals surface area contributed by atoms with Crippen molar-refractivity contribution in [2.24, 2.45) is 0 Å². The third-order valence-corrected chi connectivity index (χ3v) is 1.68. The van der Waals surface area contributed by atoms with Gasteiger partial charge in [0.15, 0.2) is 0 Å². The first kappa shape index (κ1) is 11.9. The lowest BCUT2D eigenvalue weighted by Crippen LogP contribution is -2.20. The molecule has 0 saturated carbocycles. The number of unbranched alkanes of at least 4 members (excludes halogenated alkanes) is 3. The fourth-order valence-corrected chi connectivity index (χ4v) is 0.988. The van der Waals surface area contributed by atoms with E-state index in [0.717, 1.165) is 19.3 Å². The highest BCUT2D eigenvalue weighted by Gasteiger charge is 1.83. The number of aliphatic carboxylic acids is 1. The Balaban J connectivity index is 3.15. The van der Waals surface area contributed by atoms with Gasteiger partial charge < -0.3 is 9.90 Å². The molecule has 0 aromatic carbocycles. The second-order valence-corrected chi connectivity index (χ2v) is 2.90. The van der Waals surface area contributed by atoms with Gasteiger partial charge in [-0.05, 0) is 32.6 Å². The Labute approximate surface area is 80.0 Å². The molecule has 0 bridgehead atoms. The van der Waals surface area contributed by atoms with Crippen molar-refractivity contribution >= 4 is 5.97 Å². The second-order valence-electron chi connectivity index (χ2n) is 2.90. The van der Waals surface area contributed by atoms with Crippen LogP contribution in [-0.2, 0) is 4.79 Å². The average Bonchev–Trinajstić information content (AvgIpc) is 2.09. The molecule has 0 fully saturated rings. The maximum Gasteiger partial charge on any atom is 0.0452 e. The van der Waals surface area contributed by atoms with Gasteiger partial charge in [0.1, 0.15) is 0 Å². The smallest absolute Gasteiger partial charge is 0.0452 e. The Morgan fingerprint density at radius 2 is 1.77 bits per heavy atom. The van der Waals surface area contributed by atoms with Gasteiger partial charge in [-0.3, -0.25) is 0 Å². The van der Waals surface area contributed by atoms with E-state index in [1.165, 1.54) is 6.42 Å². The zero-order valence-electron chi connectivity index (χ0n) is 8.16. The van der Waals surface area contributed by atoms with Gasteiger partial charge in [0, 0.05) is 12.4 Å². The van der Waals surface area contributed by atoms with E-state index in [2.05, 4.69) is 6.08 Å². The number of carbonyl (C=O) groups excluding carboxylic acids is 1. The summed E-state index contributed by atoms with van der Waals surface area (Å²) in [6, 6.07) is 0. The molecule has 2 heteroatoms. The van der Waals surface area contributed by atoms with Crippen LogP contribution in [0.5, 0.6) is 0 Å². The quantitative estimate of drug-likeness (QED) is 0.444. The van der Waals surface area contributed by atoms with Crippen molar-refractivity contribution in [1.29, 1.82) is 0 Å². The summed E-state index contributed by atoms with van der Waals surface area (Å²) in [5, 5.41) is 10.0. The van der Waals surface area contributed by atoms with Crippen LogP contribution in [0.4, 0.5) is 0 Å². The van der Waals surface area contributed by atoms with Crippen molar-refractivity contribution in [2.75, 3.05) is 0 Å². The van der Waals surface area contributed by atoms with Crippen LogP contribution in [0.1, 0.15) is 39.0 Å². The molecule has 0 radical (unpaired) electrons. The Kier molecular flexibility index (Phi) is 8.31.